The number of aryl methyl sites for hydroxylation is 3. The maximum atomic E-state index is 12.3. The fourth-order valence-corrected chi connectivity index (χ4v) is 3.68. The molecular weight excluding hydrogens is 376 g/mol. The van der Waals surface area contributed by atoms with Gasteiger partial charge in [0.2, 0.25) is 0 Å². The zero-order valence-corrected chi connectivity index (χ0v) is 17.8. The number of hydrogen-bond acceptors (Lipinski definition) is 4. The number of benzene rings is 2. The summed E-state index contributed by atoms with van der Waals surface area (Å²) in [5.74, 6) is 0.367. The molecule has 1 saturated heterocycles. The van der Waals surface area contributed by atoms with Gasteiger partial charge in [0.15, 0.2) is 0 Å². The minimum Gasteiger partial charge on any atom is -0.489 e. The van der Waals surface area contributed by atoms with Gasteiger partial charge in [-0.3, -0.25) is 4.79 Å². The lowest BCUT2D eigenvalue weighted by Crippen LogP contribution is -2.32. The van der Waals surface area contributed by atoms with E-state index in [0.717, 1.165) is 30.8 Å². The van der Waals surface area contributed by atoms with Gasteiger partial charge < -0.3 is 14.8 Å². The first-order chi connectivity index (χ1) is 14.5. The molecule has 0 aromatic heterocycles. The van der Waals surface area contributed by atoms with Crippen LogP contribution in [-0.2, 0) is 16.1 Å². The molecule has 0 saturated carbocycles. The quantitative estimate of drug-likeness (QED) is 0.549. The van der Waals surface area contributed by atoms with Crippen molar-refractivity contribution in [3.63, 3.8) is 0 Å². The van der Waals surface area contributed by atoms with Crippen molar-refractivity contribution in [3.8, 4) is 11.8 Å². The minimum atomic E-state index is -0.376. The van der Waals surface area contributed by atoms with Crippen LogP contribution in [0.15, 0.2) is 42.0 Å². The Hall–Kier alpha value is -3.10. The molecule has 2 aromatic rings. The van der Waals surface area contributed by atoms with Crippen molar-refractivity contribution in [3.05, 3.63) is 69.8 Å². The van der Waals surface area contributed by atoms with Gasteiger partial charge in [-0.1, -0.05) is 29.8 Å². The summed E-state index contributed by atoms with van der Waals surface area (Å²) in [5, 5.41) is 12.1. The standard InChI is InChI=1S/C25H28N2O3/c1-17-11-18(2)24(19(3)12-17)16-30-22-8-6-20(7-9-22)13-21(14-26)25(28)27-15-23-5-4-10-29-23/h6-9,11-13,23H,4-5,10,15-16H2,1-3H3,(H,27,28)/b21-13+/t23-/m1/s1. The molecule has 1 amide bonds. The second-order valence-corrected chi connectivity index (χ2v) is 7.75. The lowest BCUT2D eigenvalue weighted by atomic mass is 10.0. The zero-order valence-electron chi connectivity index (χ0n) is 17.8. The highest BCUT2D eigenvalue weighted by Gasteiger charge is 2.17. The van der Waals surface area contributed by atoms with Gasteiger partial charge in [0.25, 0.3) is 5.91 Å². The summed E-state index contributed by atoms with van der Waals surface area (Å²) in [5.41, 5.74) is 5.73. The average molecular weight is 405 g/mol. The number of amides is 1. The molecule has 0 spiro atoms. The van der Waals surface area contributed by atoms with Gasteiger partial charge in [-0.2, -0.15) is 5.26 Å². The number of rotatable bonds is 7. The smallest absolute Gasteiger partial charge is 0.262 e. The van der Waals surface area contributed by atoms with Crippen LogP contribution >= 0.6 is 0 Å². The molecule has 1 aliphatic heterocycles. The normalized spacial score (nSPS) is 16.2. The molecule has 2 aromatic carbocycles. The van der Waals surface area contributed by atoms with Crippen molar-refractivity contribution in [2.45, 2.75) is 46.3 Å². The van der Waals surface area contributed by atoms with Crippen molar-refractivity contribution in [1.29, 1.82) is 5.26 Å². The number of nitriles is 1. The SMILES string of the molecule is Cc1cc(C)c(COc2ccc(/C=C(\C#N)C(=O)NC[C@H]3CCCO3)cc2)c(C)c1. The van der Waals surface area contributed by atoms with Crippen LogP contribution < -0.4 is 10.1 Å². The molecule has 3 rings (SSSR count). The van der Waals surface area contributed by atoms with Crippen molar-refractivity contribution in [2.75, 3.05) is 13.2 Å². The third-order valence-electron chi connectivity index (χ3n) is 5.29. The van der Waals surface area contributed by atoms with Crippen molar-refractivity contribution < 1.29 is 14.3 Å². The fraction of sp³-hybridized carbons (Fsp3) is 0.360. The Bertz CT molecular complexity index is 942. The van der Waals surface area contributed by atoms with Crippen LogP contribution in [0.25, 0.3) is 6.08 Å². The molecule has 1 aliphatic rings. The highest BCUT2D eigenvalue weighted by atomic mass is 16.5. The Labute approximate surface area is 178 Å². The summed E-state index contributed by atoms with van der Waals surface area (Å²) in [4.78, 5) is 12.3. The van der Waals surface area contributed by atoms with Gasteiger partial charge in [-0.15, -0.1) is 0 Å². The van der Waals surface area contributed by atoms with E-state index in [-0.39, 0.29) is 17.6 Å². The topological polar surface area (TPSA) is 71.3 Å². The lowest BCUT2D eigenvalue weighted by Gasteiger charge is -2.13. The van der Waals surface area contributed by atoms with Gasteiger partial charge >= 0.3 is 0 Å². The summed E-state index contributed by atoms with van der Waals surface area (Å²) >= 11 is 0. The third kappa shape index (κ3) is 5.71. The average Bonchev–Trinajstić information content (AvgIpc) is 3.24. The summed E-state index contributed by atoms with van der Waals surface area (Å²) < 4.78 is 11.4. The Morgan fingerprint density at radius 2 is 1.93 bits per heavy atom. The van der Waals surface area contributed by atoms with Gasteiger partial charge in [0.1, 0.15) is 24.0 Å². The predicted octanol–water partition coefficient (Wildman–Crippen LogP) is 4.39. The molecule has 0 bridgehead atoms. The molecule has 0 aliphatic carbocycles. The van der Waals surface area contributed by atoms with Crippen LogP contribution in [0, 0.1) is 32.1 Å². The van der Waals surface area contributed by atoms with Gasteiger partial charge in [-0.05, 0) is 74.1 Å². The summed E-state index contributed by atoms with van der Waals surface area (Å²) in [7, 11) is 0. The second-order valence-electron chi connectivity index (χ2n) is 7.75. The molecular formula is C25H28N2O3. The summed E-state index contributed by atoms with van der Waals surface area (Å²) in [6, 6.07) is 13.7. The van der Waals surface area contributed by atoms with E-state index in [1.807, 2.05) is 30.3 Å². The van der Waals surface area contributed by atoms with E-state index < -0.39 is 0 Å². The maximum Gasteiger partial charge on any atom is 0.262 e. The van der Waals surface area contributed by atoms with Crippen LogP contribution in [0.2, 0.25) is 0 Å². The first kappa shape index (κ1) is 21.6. The Morgan fingerprint density at radius 3 is 2.53 bits per heavy atom. The molecule has 1 atom stereocenters. The van der Waals surface area contributed by atoms with E-state index in [9.17, 15) is 10.1 Å². The van der Waals surface area contributed by atoms with Crippen LogP contribution in [0.1, 0.15) is 40.7 Å². The van der Waals surface area contributed by atoms with Gasteiger partial charge in [-0.25, -0.2) is 0 Å². The zero-order chi connectivity index (χ0) is 21.5. The lowest BCUT2D eigenvalue weighted by molar-refractivity contribution is -0.117. The van der Waals surface area contributed by atoms with E-state index in [4.69, 9.17) is 9.47 Å². The van der Waals surface area contributed by atoms with Crippen molar-refractivity contribution >= 4 is 12.0 Å². The minimum absolute atomic E-state index is 0.0473. The highest BCUT2D eigenvalue weighted by molar-refractivity contribution is 6.01. The van der Waals surface area contributed by atoms with Crippen LogP contribution in [-0.4, -0.2) is 25.2 Å². The van der Waals surface area contributed by atoms with E-state index in [2.05, 4.69) is 38.2 Å². The summed E-state index contributed by atoms with van der Waals surface area (Å²) in [6.07, 6.45) is 3.59. The van der Waals surface area contributed by atoms with Gasteiger partial charge in [0.05, 0.1) is 6.10 Å². The third-order valence-corrected chi connectivity index (χ3v) is 5.29. The van der Waals surface area contributed by atoms with Crippen molar-refractivity contribution in [1.82, 2.24) is 5.32 Å². The Balaban J connectivity index is 1.60. The first-order valence-electron chi connectivity index (χ1n) is 10.3. The molecule has 5 heteroatoms. The summed E-state index contributed by atoms with van der Waals surface area (Å²) in [6.45, 7) is 7.96. The number of carbonyl (C=O) groups is 1. The van der Waals surface area contributed by atoms with Crippen LogP contribution in [0.4, 0.5) is 0 Å². The van der Waals surface area contributed by atoms with E-state index in [1.54, 1.807) is 6.08 Å². The monoisotopic (exact) mass is 404 g/mol. The predicted molar refractivity (Wildman–Crippen MR) is 117 cm³/mol. The van der Waals surface area contributed by atoms with E-state index >= 15 is 0 Å². The van der Waals surface area contributed by atoms with E-state index in [1.165, 1.54) is 22.3 Å². The molecule has 1 N–H and O–H groups in total. The molecule has 156 valence electrons. The Morgan fingerprint density at radius 1 is 1.23 bits per heavy atom. The molecule has 5 nitrogen and oxygen atoms in total. The highest BCUT2D eigenvalue weighted by Crippen LogP contribution is 2.20. The second kappa shape index (κ2) is 10.1. The largest absolute Gasteiger partial charge is 0.489 e. The van der Waals surface area contributed by atoms with Crippen LogP contribution in [0.3, 0.4) is 0 Å². The molecule has 1 heterocycles. The van der Waals surface area contributed by atoms with Crippen molar-refractivity contribution in [2.24, 2.45) is 0 Å². The molecule has 1 fully saturated rings. The number of hydrogen-bond donors (Lipinski definition) is 1. The van der Waals surface area contributed by atoms with Crippen LogP contribution in [0.5, 0.6) is 5.75 Å². The molecule has 0 radical (unpaired) electrons. The fourth-order valence-electron chi connectivity index (χ4n) is 3.68. The Kier molecular flexibility index (Phi) is 7.26. The maximum absolute atomic E-state index is 12.3. The number of carbonyl (C=O) groups excluding carboxylic acids is 1. The van der Waals surface area contributed by atoms with Gasteiger partial charge in [0, 0.05) is 13.2 Å². The number of nitrogens with zero attached hydrogens (tertiary/aromatic N) is 1. The van der Waals surface area contributed by atoms with E-state index in [0.29, 0.717) is 13.2 Å². The first-order valence-corrected chi connectivity index (χ1v) is 10.3. The molecule has 30 heavy (non-hydrogen) atoms. The molecule has 0 unspecified atom stereocenters. The number of ether oxygens (including phenoxy) is 2. The number of nitrogens with one attached hydrogen (secondary N) is 1.